The molecule has 0 aliphatic rings. The number of ether oxygens (including phenoxy) is 2. The number of hydrogen-bond donors (Lipinski definition) is 3. The van der Waals surface area contributed by atoms with Crippen LogP contribution < -0.4 is 25.4 Å². The number of thiazole rings is 1. The highest BCUT2D eigenvalue weighted by molar-refractivity contribution is 7.13. The quantitative estimate of drug-likeness (QED) is 0.307. The summed E-state index contributed by atoms with van der Waals surface area (Å²) in [6.45, 7) is 0.528. The number of benzene rings is 2. The fourth-order valence-corrected chi connectivity index (χ4v) is 3.45. The molecule has 8 nitrogen and oxygen atoms in total. The molecule has 2 amide bonds. The Labute approximate surface area is 193 Å². The fourth-order valence-electron chi connectivity index (χ4n) is 2.93. The van der Waals surface area contributed by atoms with E-state index in [1.165, 1.54) is 30.6 Å². The van der Waals surface area contributed by atoms with Gasteiger partial charge in [0.2, 0.25) is 5.75 Å². The van der Waals surface area contributed by atoms with Crippen molar-refractivity contribution in [2.45, 2.75) is 6.54 Å². The molecule has 2 heterocycles. The molecular weight excluding hydrogens is 445 g/mol. The van der Waals surface area contributed by atoms with Gasteiger partial charge in [-0.1, -0.05) is 12.1 Å². The summed E-state index contributed by atoms with van der Waals surface area (Å²) in [6.07, 6.45) is 5.05. The van der Waals surface area contributed by atoms with Crippen LogP contribution in [0.5, 0.6) is 17.2 Å². The molecule has 0 saturated carbocycles. The van der Waals surface area contributed by atoms with Gasteiger partial charge in [0, 0.05) is 36.2 Å². The third-order valence-electron chi connectivity index (χ3n) is 4.46. The summed E-state index contributed by atoms with van der Waals surface area (Å²) >= 11 is 1.29. The number of urea groups is 1. The second-order valence-electron chi connectivity index (χ2n) is 6.72. The Hall–Kier alpha value is -4.18. The first-order chi connectivity index (χ1) is 16.1. The van der Waals surface area contributed by atoms with E-state index in [-0.39, 0.29) is 17.2 Å². The lowest BCUT2D eigenvalue weighted by Gasteiger charge is -2.16. The number of pyridine rings is 1. The van der Waals surface area contributed by atoms with Crippen LogP contribution in [0.3, 0.4) is 0 Å². The lowest BCUT2D eigenvalue weighted by atomic mass is 10.2. The molecule has 4 rings (SSSR count). The first-order valence-corrected chi connectivity index (χ1v) is 10.7. The van der Waals surface area contributed by atoms with Gasteiger partial charge in [-0.25, -0.2) is 14.2 Å². The van der Waals surface area contributed by atoms with Crippen LogP contribution in [0, 0.1) is 5.82 Å². The summed E-state index contributed by atoms with van der Waals surface area (Å²) in [5.74, 6) is -0.211. The second kappa shape index (κ2) is 10.4. The van der Waals surface area contributed by atoms with Gasteiger partial charge in [0.1, 0.15) is 0 Å². The standard InChI is InChI=1S/C23H20FN5O3S/c1-31-20-6-2-5-17(24)21(20)32-19-8-7-16(27-14-15-4-3-9-25-13-15)12-18(19)28-22(30)29-23-26-10-11-33-23/h2-13,27H,14H2,1H3,(H2,26,28,29,30). The van der Waals surface area contributed by atoms with E-state index >= 15 is 0 Å². The average Bonchev–Trinajstić information content (AvgIpc) is 3.33. The first-order valence-electron chi connectivity index (χ1n) is 9.87. The van der Waals surface area contributed by atoms with Crippen LogP contribution in [-0.2, 0) is 6.54 Å². The summed E-state index contributed by atoms with van der Waals surface area (Å²) < 4.78 is 25.5. The smallest absolute Gasteiger partial charge is 0.325 e. The van der Waals surface area contributed by atoms with Crippen LogP contribution in [-0.4, -0.2) is 23.1 Å². The van der Waals surface area contributed by atoms with Crippen molar-refractivity contribution in [1.82, 2.24) is 9.97 Å². The maximum Gasteiger partial charge on any atom is 0.325 e. The van der Waals surface area contributed by atoms with E-state index in [1.54, 1.807) is 48.2 Å². The number of hydrogen-bond acceptors (Lipinski definition) is 7. The van der Waals surface area contributed by atoms with Crippen molar-refractivity contribution < 1.29 is 18.7 Å². The van der Waals surface area contributed by atoms with Gasteiger partial charge in [0.05, 0.1) is 12.8 Å². The molecular formula is C23H20FN5O3S. The first kappa shape index (κ1) is 22.0. The van der Waals surface area contributed by atoms with Crippen molar-refractivity contribution in [2.24, 2.45) is 0 Å². The highest BCUT2D eigenvalue weighted by Crippen LogP contribution is 2.38. The maximum atomic E-state index is 14.4. The van der Waals surface area contributed by atoms with Gasteiger partial charge < -0.3 is 20.1 Å². The van der Waals surface area contributed by atoms with Crippen molar-refractivity contribution in [2.75, 3.05) is 23.1 Å². The number of aromatic nitrogens is 2. The summed E-state index contributed by atoms with van der Waals surface area (Å²) in [6, 6.07) is 12.8. The SMILES string of the molecule is COc1cccc(F)c1Oc1ccc(NCc2cccnc2)cc1NC(=O)Nc1nccs1. The number of carbonyl (C=O) groups is 1. The van der Waals surface area contributed by atoms with Crippen molar-refractivity contribution in [3.8, 4) is 17.2 Å². The third-order valence-corrected chi connectivity index (χ3v) is 5.15. The Bertz CT molecular complexity index is 1220. The maximum absolute atomic E-state index is 14.4. The molecule has 0 radical (unpaired) electrons. The highest BCUT2D eigenvalue weighted by Gasteiger charge is 2.16. The molecule has 33 heavy (non-hydrogen) atoms. The molecule has 168 valence electrons. The lowest BCUT2D eigenvalue weighted by molar-refractivity contribution is 0.262. The molecule has 0 unspecified atom stereocenters. The number of nitrogens with zero attached hydrogens (tertiary/aromatic N) is 2. The van der Waals surface area contributed by atoms with Crippen LogP contribution in [0.2, 0.25) is 0 Å². The molecule has 0 bridgehead atoms. The molecule has 4 aromatic rings. The van der Waals surface area contributed by atoms with E-state index < -0.39 is 11.8 Å². The molecule has 2 aromatic heterocycles. The van der Waals surface area contributed by atoms with Crippen molar-refractivity contribution >= 4 is 33.9 Å². The molecule has 2 aromatic carbocycles. The van der Waals surface area contributed by atoms with Crippen molar-refractivity contribution in [3.63, 3.8) is 0 Å². The third kappa shape index (κ3) is 5.74. The monoisotopic (exact) mass is 465 g/mol. The van der Waals surface area contributed by atoms with Gasteiger partial charge >= 0.3 is 6.03 Å². The Morgan fingerprint density at radius 2 is 2.00 bits per heavy atom. The topological polar surface area (TPSA) is 97.4 Å². The molecule has 0 spiro atoms. The van der Waals surface area contributed by atoms with Crippen LogP contribution in [0.1, 0.15) is 5.56 Å². The van der Waals surface area contributed by atoms with Gasteiger partial charge in [-0.15, -0.1) is 11.3 Å². The number of para-hydroxylation sites is 1. The number of methoxy groups -OCH3 is 1. The predicted octanol–water partition coefficient (Wildman–Crippen LogP) is 5.73. The number of rotatable bonds is 8. The Kier molecular flexibility index (Phi) is 6.96. The minimum Gasteiger partial charge on any atom is -0.493 e. The lowest BCUT2D eigenvalue weighted by Crippen LogP contribution is -2.19. The highest BCUT2D eigenvalue weighted by atomic mass is 32.1. The van der Waals surface area contributed by atoms with Crippen LogP contribution in [0.25, 0.3) is 0 Å². The zero-order valence-corrected chi connectivity index (χ0v) is 18.4. The van der Waals surface area contributed by atoms with E-state index in [0.717, 1.165) is 11.3 Å². The van der Waals surface area contributed by atoms with E-state index in [0.29, 0.717) is 17.4 Å². The van der Waals surface area contributed by atoms with E-state index in [4.69, 9.17) is 9.47 Å². The van der Waals surface area contributed by atoms with Gasteiger partial charge in [-0.3, -0.25) is 10.3 Å². The van der Waals surface area contributed by atoms with Crippen LogP contribution in [0.15, 0.2) is 72.5 Å². The summed E-state index contributed by atoms with van der Waals surface area (Å²) in [4.78, 5) is 20.7. The Morgan fingerprint density at radius 3 is 2.76 bits per heavy atom. The van der Waals surface area contributed by atoms with Gasteiger partial charge in [-0.2, -0.15) is 0 Å². The van der Waals surface area contributed by atoms with Crippen LogP contribution in [0.4, 0.5) is 25.7 Å². The molecule has 0 atom stereocenters. The minimum atomic E-state index is -0.591. The van der Waals surface area contributed by atoms with E-state index in [1.807, 2.05) is 12.1 Å². The number of nitrogens with one attached hydrogen (secondary N) is 3. The zero-order chi connectivity index (χ0) is 23.0. The summed E-state index contributed by atoms with van der Waals surface area (Å²) in [5, 5.41) is 10.8. The predicted molar refractivity (Wildman–Crippen MR) is 126 cm³/mol. The molecule has 10 heteroatoms. The van der Waals surface area contributed by atoms with Crippen LogP contribution >= 0.6 is 11.3 Å². The van der Waals surface area contributed by atoms with Crippen molar-refractivity contribution in [3.05, 3.63) is 83.9 Å². The summed E-state index contributed by atoms with van der Waals surface area (Å²) in [5.41, 5.74) is 2.03. The number of carbonyl (C=O) groups excluding carboxylic acids is 1. The van der Waals surface area contributed by atoms with E-state index in [2.05, 4.69) is 25.9 Å². The minimum absolute atomic E-state index is 0.0838. The second-order valence-corrected chi connectivity index (χ2v) is 7.61. The van der Waals surface area contributed by atoms with Gasteiger partial charge in [0.25, 0.3) is 0 Å². The van der Waals surface area contributed by atoms with Gasteiger partial charge in [0.15, 0.2) is 22.4 Å². The van der Waals surface area contributed by atoms with E-state index in [9.17, 15) is 9.18 Å². The molecule has 3 N–H and O–H groups in total. The summed E-state index contributed by atoms with van der Waals surface area (Å²) in [7, 11) is 1.42. The number of amides is 2. The normalized spacial score (nSPS) is 10.4. The largest absolute Gasteiger partial charge is 0.493 e. The Balaban J connectivity index is 1.59. The molecule has 0 saturated heterocycles. The number of anilines is 3. The molecule has 0 aliphatic carbocycles. The molecule has 0 fully saturated rings. The van der Waals surface area contributed by atoms with Gasteiger partial charge in [-0.05, 0) is 42.0 Å². The Morgan fingerprint density at radius 1 is 1.09 bits per heavy atom. The number of halogens is 1. The van der Waals surface area contributed by atoms with Crippen molar-refractivity contribution in [1.29, 1.82) is 0 Å². The average molecular weight is 466 g/mol. The zero-order valence-electron chi connectivity index (χ0n) is 17.5. The fraction of sp³-hybridized carbons (Fsp3) is 0.0870. The molecule has 0 aliphatic heterocycles.